The lowest BCUT2D eigenvalue weighted by Crippen LogP contribution is -2.56. The molecule has 0 saturated carbocycles. The molecule has 2 aromatic rings. The molecule has 3 rings (SSSR count). The van der Waals surface area contributed by atoms with Gasteiger partial charge in [-0.15, -0.1) is 0 Å². The largest absolute Gasteiger partial charge is 0.469 e. The van der Waals surface area contributed by atoms with Crippen LogP contribution < -0.4 is 15.0 Å². The molecule has 3 heterocycles. The summed E-state index contributed by atoms with van der Waals surface area (Å²) in [6.07, 6.45) is 3.07. The molecule has 27 heavy (non-hydrogen) atoms. The van der Waals surface area contributed by atoms with Crippen LogP contribution in [0, 0.1) is 0 Å². The lowest BCUT2D eigenvalue weighted by molar-refractivity contribution is -0.124. The van der Waals surface area contributed by atoms with Gasteiger partial charge in [-0.2, -0.15) is 4.98 Å². The zero-order valence-electron chi connectivity index (χ0n) is 15.6. The molecule has 2 unspecified atom stereocenters. The highest BCUT2D eigenvalue weighted by Crippen LogP contribution is 2.28. The molecule has 146 valence electrons. The van der Waals surface area contributed by atoms with Gasteiger partial charge in [-0.05, 0) is 26.0 Å². The molecule has 2 atom stereocenters. The molecular formula is C18H23ClN4O4. The fraction of sp³-hybridized carbons (Fsp3) is 0.500. The van der Waals surface area contributed by atoms with E-state index in [-0.39, 0.29) is 17.8 Å². The van der Waals surface area contributed by atoms with Crippen LogP contribution in [-0.4, -0.2) is 54.8 Å². The van der Waals surface area contributed by atoms with Gasteiger partial charge in [0.05, 0.1) is 32.1 Å². The molecule has 0 aliphatic carbocycles. The number of carbonyl (C=O) groups excluding carboxylic acids is 1. The normalized spacial score (nSPS) is 21.0. The monoisotopic (exact) mass is 394 g/mol. The Hall–Kier alpha value is -2.32. The minimum absolute atomic E-state index is 0.117. The number of hydrogen-bond donors (Lipinski definition) is 1. The second-order valence-corrected chi connectivity index (χ2v) is 7.11. The third kappa shape index (κ3) is 4.51. The fourth-order valence-electron chi connectivity index (χ4n) is 2.98. The number of rotatable bonds is 6. The first-order valence-electron chi connectivity index (χ1n) is 8.68. The van der Waals surface area contributed by atoms with Gasteiger partial charge < -0.3 is 24.1 Å². The maximum absolute atomic E-state index is 12.4. The highest BCUT2D eigenvalue weighted by atomic mass is 35.5. The lowest BCUT2D eigenvalue weighted by atomic mass is 10.0. The predicted molar refractivity (Wildman–Crippen MR) is 100 cm³/mol. The summed E-state index contributed by atoms with van der Waals surface area (Å²) in [5, 5.41) is 3.39. The topological polar surface area (TPSA) is 89.7 Å². The summed E-state index contributed by atoms with van der Waals surface area (Å²) in [5.41, 5.74) is -0.585. The Morgan fingerprint density at radius 2 is 2.37 bits per heavy atom. The van der Waals surface area contributed by atoms with Crippen molar-refractivity contribution in [3.8, 4) is 6.01 Å². The van der Waals surface area contributed by atoms with Crippen LogP contribution in [-0.2, 0) is 9.53 Å². The summed E-state index contributed by atoms with van der Waals surface area (Å²) in [5.74, 6) is 0.731. The van der Waals surface area contributed by atoms with E-state index in [2.05, 4.69) is 15.3 Å². The summed E-state index contributed by atoms with van der Waals surface area (Å²) in [6, 6.07) is 3.81. The number of furan rings is 1. The Bertz CT molecular complexity index is 786. The maximum Gasteiger partial charge on any atom is 0.318 e. The second-order valence-electron chi connectivity index (χ2n) is 6.70. The number of nitrogens with one attached hydrogen (secondary N) is 1. The zero-order valence-corrected chi connectivity index (χ0v) is 16.3. The Labute approximate surface area is 162 Å². The predicted octanol–water partition coefficient (Wildman–Crippen LogP) is 2.25. The number of halogens is 1. The van der Waals surface area contributed by atoms with Gasteiger partial charge in [0, 0.05) is 19.6 Å². The molecule has 1 aliphatic heterocycles. The van der Waals surface area contributed by atoms with Crippen molar-refractivity contribution in [3.05, 3.63) is 35.4 Å². The SMILES string of the molecule is COc1ncc(Cl)c(N2CCOC(C)(CNC(=O)C(C)c3ccco3)C2)n1. The van der Waals surface area contributed by atoms with Crippen LogP contribution in [0.5, 0.6) is 6.01 Å². The minimum atomic E-state index is -0.585. The van der Waals surface area contributed by atoms with E-state index in [1.807, 2.05) is 11.8 Å². The van der Waals surface area contributed by atoms with Crippen molar-refractivity contribution in [1.29, 1.82) is 0 Å². The van der Waals surface area contributed by atoms with E-state index in [1.54, 1.807) is 25.3 Å². The quantitative estimate of drug-likeness (QED) is 0.803. The van der Waals surface area contributed by atoms with E-state index in [9.17, 15) is 4.79 Å². The molecule has 0 aromatic carbocycles. The standard InChI is InChI=1S/C18H23ClN4O4/c1-12(14-5-4-7-26-14)16(24)21-10-18(2)11-23(6-8-27-18)15-13(19)9-20-17(22-15)25-3/h4-5,7,9,12H,6,8,10-11H2,1-3H3,(H,21,24). The summed E-state index contributed by atoms with van der Waals surface area (Å²) in [7, 11) is 1.51. The van der Waals surface area contributed by atoms with Crippen molar-refractivity contribution >= 4 is 23.3 Å². The average Bonchev–Trinajstić information content (AvgIpc) is 3.21. The average molecular weight is 395 g/mol. The smallest absolute Gasteiger partial charge is 0.318 e. The van der Waals surface area contributed by atoms with Crippen LogP contribution in [0.3, 0.4) is 0 Å². The van der Waals surface area contributed by atoms with Gasteiger partial charge >= 0.3 is 6.01 Å². The molecule has 8 nitrogen and oxygen atoms in total. The Morgan fingerprint density at radius 1 is 1.56 bits per heavy atom. The number of anilines is 1. The van der Waals surface area contributed by atoms with Crippen molar-refractivity contribution in [2.75, 3.05) is 38.3 Å². The van der Waals surface area contributed by atoms with Gasteiger partial charge in [-0.3, -0.25) is 4.79 Å². The summed E-state index contributed by atoms with van der Waals surface area (Å²) >= 11 is 6.26. The second kappa shape index (κ2) is 8.14. The summed E-state index contributed by atoms with van der Waals surface area (Å²) < 4.78 is 16.3. The summed E-state index contributed by atoms with van der Waals surface area (Å²) in [4.78, 5) is 22.8. The molecule has 1 aliphatic rings. The van der Waals surface area contributed by atoms with Gasteiger partial charge in [0.1, 0.15) is 16.4 Å². The van der Waals surface area contributed by atoms with Gasteiger partial charge in [-0.1, -0.05) is 11.6 Å². The van der Waals surface area contributed by atoms with Crippen LogP contribution in [0.2, 0.25) is 5.02 Å². The zero-order chi connectivity index (χ0) is 19.4. The van der Waals surface area contributed by atoms with Gasteiger partial charge in [0.15, 0.2) is 5.82 Å². The van der Waals surface area contributed by atoms with E-state index in [0.717, 1.165) is 0 Å². The van der Waals surface area contributed by atoms with E-state index in [1.165, 1.54) is 13.3 Å². The van der Waals surface area contributed by atoms with Crippen LogP contribution in [0.15, 0.2) is 29.0 Å². The fourth-order valence-corrected chi connectivity index (χ4v) is 3.19. The highest BCUT2D eigenvalue weighted by Gasteiger charge is 2.34. The molecule has 1 amide bonds. The van der Waals surface area contributed by atoms with E-state index < -0.39 is 5.60 Å². The van der Waals surface area contributed by atoms with Crippen molar-refractivity contribution < 1.29 is 18.7 Å². The van der Waals surface area contributed by atoms with Crippen LogP contribution >= 0.6 is 11.6 Å². The summed E-state index contributed by atoms with van der Waals surface area (Å²) in [6.45, 7) is 5.74. The van der Waals surface area contributed by atoms with Gasteiger partial charge in [0.2, 0.25) is 5.91 Å². The molecule has 1 fully saturated rings. The molecule has 1 saturated heterocycles. The third-order valence-corrected chi connectivity index (χ3v) is 4.79. The highest BCUT2D eigenvalue weighted by molar-refractivity contribution is 6.32. The molecule has 0 bridgehead atoms. The van der Waals surface area contributed by atoms with E-state index in [0.29, 0.717) is 42.8 Å². The minimum Gasteiger partial charge on any atom is -0.469 e. The number of nitrogens with zero attached hydrogens (tertiary/aromatic N) is 3. The first-order chi connectivity index (χ1) is 12.9. The molecular weight excluding hydrogens is 372 g/mol. The number of hydrogen-bond acceptors (Lipinski definition) is 7. The number of methoxy groups -OCH3 is 1. The molecule has 9 heteroatoms. The molecule has 0 spiro atoms. The van der Waals surface area contributed by atoms with Crippen molar-refractivity contribution in [2.45, 2.75) is 25.4 Å². The maximum atomic E-state index is 12.4. The third-order valence-electron chi connectivity index (χ3n) is 4.52. The first-order valence-corrected chi connectivity index (χ1v) is 9.06. The van der Waals surface area contributed by atoms with Crippen molar-refractivity contribution in [2.24, 2.45) is 0 Å². The van der Waals surface area contributed by atoms with Gasteiger partial charge in [-0.25, -0.2) is 4.98 Å². The van der Waals surface area contributed by atoms with Crippen molar-refractivity contribution in [1.82, 2.24) is 15.3 Å². The molecule has 1 N–H and O–H groups in total. The first kappa shape index (κ1) is 19.4. The Kier molecular flexibility index (Phi) is 5.86. The van der Waals surface area contributed by atoms with Crippen LogP contribution in [0.1, 0.15) is 25.5 Å². The van der Waals surface area contributed by atoms with Crippen molar-refractivity contribution in [3.63, 3.8) is 0 Å². The molecule has 2 aromatic heterocycles. The van der Waals surface area contributed by atoms with E-state index in [4.69, 9.17) is 25.5 Å². The number of ether oxygens (including phenoxy) is 2. The Morgan fingerprint density at radius 3 is 3.07 bits per heavy atom. The van der Waals surface area contributed by atoms with Crippen LogP contribution in [0.4, 0.5) is 5.82 Å². The number of morpholine rings is 1. The van der Waals surface area contributed by atoms with Gasteiger partial charge in [0.25, 0.3) is 0 Å². The number of aromatic nitrogens is 2. The van der Waals surface area contributed by atoms with Crippen LogP contribution in [0.25, 0.3) is 0 Å². The lowest BCUT2D eigenvalue weighted by Gasteiger charge is -2.41. The Balaban J connectivity index is 1.65. The molecule has 0 radical (unpaired) electrons. The van der Waals surface area contributed by atoms with E-state index >= 15 is 0 Å². The number of carbonyl (C=O) groups is 1. The number of amides is 1.